The van der Waals surface area contributed by atoms with Gasteiger partial charge in [0.2, 0.25) is 5.91 Å². The van der Waals surface area contributed by atoms with E-state index in [2.05, 4.69) is 67.2 Å². The summed E-state index contributed by atoms with van der Waals surface area (Å²) in [5.41, 5.74) is 4.16. The summed E-state index contributed by atoms with van der Waals surface area (Å²) in [6.07, 6.45) is 1.28. The molecule has 1 aromatic carbocycles. The molecular weight excluding hydrogens is 362 g/mol. The molecule has 0 aliphatic heterocycles. The van der Waals surface area contributed by atoms with Crippen LogP contribution >= 0.6 is 22.7 Å². The van der Waals surface area contributed by atoms with E-state index in [9.17, 15) is 4.79 Å². The number of nitrogens with one attached hydrogen (secondary N) is 1. The number of carbonyl (C=O) groups is 1. The van der Waals surface area contributed by atoms with Gasteiger partial charge in [0.15, 0.2) is 5.13 Å². The van der Waals surface area contributed by atoms with Crippen molar-refractivity contribution in [3.8, 4) is 10.6 Å². The van der Waals surface area contributed by atoms with Gasteiger partial charge in [-0.2, -0.15) is 0 Å². The van der Waals surface area contributed by atoms with Crippen LogP contribution in [-0.4, -0.2) is 15.9 Å². The topological polar surface area (TPSA) is 54.9 Å². The molecule has 0 radical (unpaired) electrons. The van der Waals surface area contributed by atoms with Gasteiger partial charge >= 0.3 is 0 Å². The summed E-state index contributed by atoms with van der Waals surface area (Å²) in [6.45, 7) is 8.47. The van der Waals surface area contributed by atoms with Crippen molar-refractivity contribution in [3.05, 3.63) is 52.0 Å². The summed E-state index contributed by atoms with van der Waals surface area (Å²) >= 11 is 3.03. The second-order valence-corrected chi connectivity index (χ2v) is 8.92. The highest BCUT2D eigenvalue weighted by atomic mass is 32.1. The van der Waals surface area contributed by atoms with Crippen LogP contribution in [0.4, 0.5) is 5.13 Å². The van der Waals surface area contributed by atoms with Crippen molar-refractivity contribution in [2.45, 2.75) is 46.0 Å². The van der Waals surface area contributed by atoms with Gasteiger partial charge in [0, 0.05) is 21.7 Å². The zero-order valence-corrected chi connectivity index (χ0v) is 17.1. The normalized spacial score (nSPS) is 11.5. The molecule has 3 rings (SSSR count). The number of aromatic nitrogens is 2. The van der Waals surface area contributed by atoms with Gasteiger partial charge in [-0.05, 0) is 12.0 Å². The van der Waals surface area contributed by atoms with Crippen LogP contribution in [0, 0.1) is 0 Å². The first-order chi connectivity index (χ1) is 12.3. The molecule has 1 amide bonds. The molecule has 0 bridgehead atoms. The van der Waals surface area contributed by atoms with Gasteiger partial charge in [-0.15, -0.1) is 22.7 Å². The van der Waals surface area contributed by atoms with Crippen LogP contribution in [0.15, 0.2) is 35.0 Å². The molecule has 0 fully saturated rings. The van der Waals surface area contributed by atoms with Gasteiger partial charge in [-0.1, -0.05) is 52.0 Å². The number of aryl methyl sites for hydroxylation is 1. The van der Waals surface area contributed by atoms with Gasteiger partial charge in [-0.3, -0.25) is 4.79 Å². The van der Waals surface area contributed by atoms with E-state index in [1.807, 2.05) is 10.8 Å². The SMILES string of the molecule is CCc1ccc(-c2nc(CC(=O)Nc3nc(C(C)(C)C)cs3)cs2)cc1. The number of hydrogen-bond donors (Lipinski definition) is 1. The van der Waals surface area contributed by atoms with Crippen LogP contribution in [0.5, 0.6) is 0 Å². The molecule has 136 valence electrons. The first-order valence-electron chi connectivity index (χ1n) is 8.64. The fourth-order valence-corrected chi connectivity index (χ4v) is 4.19. The predicted molar refractivity (Wildman–Crippen MR) is 110 cm³/mol. The third-order valence-electron chi connectivity index (χ3n) is 4.02. The van der Waals surface area contributed by atoms with Crippen LogP contribution in [0.25, 0.3) is 10.6 Å². The lowest BCUT2D eigenvalue weighted by atomic mass is 9.93. The Morgan fingerprint density at radius 3 is 2.42 bits per heavy atom. The van der Waals surface area contributed by atoms with E-state index < -0.39 is 0 Å². The molecular formula is C20H23N3OS2. The molecule has 6 heteroatoms. The van der Waals surface area contributed by atoms with Crippen molar-refractivity contribution in [2.24, 2.45) is 0 Å². The zero-order valence-electron chi connectivity index (χ0n) is 15.5. The number of rotatable bonds is 5. The Morgan fingerprint density at radius 1 is 1.08 bits per heavy atom. The largest absolute Gasteiger partial charge is 0.302 e. The van der Waals surface area contributed by atoms with E-state index in [1.54, 1.807) is 11.3 Å². The molecule has 0 unspecified atom stereocenters. The van der Waals surface area contributed by atoms with E-state index in [1.165, 1.54) is 16.9 Å². The Hall–Kier alpha value is -2.05. The Labute approximate surface area is 162 Å². The maximum atomic E-state index is 12.3. The van der Waals surface area contributed by atoms with E-state index in [4.69, 9.17) is 0 Å². The van der Waals surface area contributed by atoms with Crippen molar-refractivity contribution in [2.75, 3.05) is 5.32 Å². The predicted octanol–water partition coefficient (Wildman–Crippen LogP) is 5.31. The van der Waals surface area contributed by atoms with E-state index in [0.29, 0.717) is 5.13 Å². The van der Waals surface area contributed by atoms with Gasteiger partial charge < -0.3 is 5.32 Å². The minimum Gasteiger partial charge on any atom is -0.302 e. The van der Waals surface area contributed by atoms with Crippen LogP contribution in [0.3, 0.4) is 0 Å². The number of thiazole rings is 2. The molecule has 0 saturated carbocycles. The molecule has 0 aliphatic carbocycles. The van der Waals surface area contributed by atoms with Crippen molar-refractivity contribution < 1.29 is 4.79 Å². The molecule has 3 aromatic rings. The van der Waals surface area contributed by atoms with E-state index in [0.717, 1.165) is 28.4 Å². The monoisotopic (exact) mass is 385 g/mol. The first-order valence-corrected chi connectivity index (χ1v) is 10.4. The van der Waals surface area contributed by atoms with Gasteiger partial charge in [0.25, 0.3) is 0 Å². The van der Waals surface area contributed by atoms with Crippen molar-refractivity contribution in [1.29, 1.82) is 0 Å². The molecule has 0 saturated heterocycles. The highest BCUT2D eigenvalue weighted by Gasteiger charge is 2.18. The summed E-state index contributed by atoms with van der Waals surface area (Å²) < 4.78 is 0. The second-order valence-electron chi connectivity index (χ2n) is 7.21. The second kappa shape index (κ2) is 7.68. The molecule has 0 aliphatic rings. The zero-order chi connectivity index (χ0) is 18.7. The van der Waals surface area contributed by atoms with Crippen LogP contribution in [0.1, 0.15) is 44.6 Å². The van der Waals surface area contributed by atoms with Gasteiger partial charge in [0.1, 0.15) is 5.01 Å². The number of benzene rings is 1. The lowest BCUT2D eigenvalue weighted by molar-refractivity contribution is -0.115. The average Bonchev–Trinajstić information content (AvgIpc) is 3.24. The van der Waals surface area contributed by atoms with E-state index >= 15 is 0 Å². The number of amides is 1. The van der Waals surface area contributed by atoms with Gasteiger partial charge in [-0.25, -0.2) is 9.97 Å². The molecule has 2 heterocycles. The number of carbonyl (C=O) groups excluding carboxylic acids is 1. The lowest BCUT2D eigenvalue weighted by Gasteiger charge is -2.14. The van der Waals surface area contributed by atoms with Crippen molar-refractivity contribution >= 4 is 33.7 Å². The quantitative estimate of drug-likeness (QED) is 0.648. The number of nitrogens with zero attached hydrogens (tertiary/aromatic N) is 2. The molecule has 0 spiro atoms. The fraction of sp³-hybridized carbons (Fsp3) is 0.350. The average molecular weight is 386 g/mol. The van der Waals surface area contributed by atoms with Crippen molar-refractivity contribution in [1.82, 2.24) is 9.97 Å². The van der Waals surface area contributed by atoms with Gasteiger partial charge in [0.05, 0.1) is 17.8 Å². The molecule has 0 atom stereocenters. The number of anilines is 1. The Morgan fingerprint density at radius 2 is 1.81 bits per heavy atom. The molecule has 26 heavy (non-hydrogen) atoms. The summed E-state index contributed by atoms with van der Waals surface area (Å²) in [6, 6.07) is 8.42. The Bertz CT molecular complexity index is 888. The summed E-state index contributed by atoms with van der Waals surface area (Å²) in [5.74, 6) is -0.0852. The molecule has 1 N–H and O–H groups in total. The fourth-order valence-electron chi connectivity index (χ4n) is 2.41. The summed E-state index contributed by atoms with van der Waals surface area (Å²) in [4.78, 5) is 21.4. The minimum absolute atomic E-state index is 0.0172. The smallest absolute Gasteiger partial charge is 0.232 e. The summed E-state index contributed by atoms with van der Waals surface area (Å²) in [5, 5.41) is 8.41. The maximum absolute atomic E-state index is 12.3. The molecule has 2 aromatic heterocycles. The van der Waals surface area contributed by atoms with E-state index in [-0.39, 0.29) is 17.7 Å². The maximum Gasteiger partial charge on any atom is 0.232 e. The standard InChI is InChI=1S/C20H23N3OS2/c1-5-13-6-8-14(9-7-13)18-21-15(11-25-18)10-17(24)23-19-22-16(12-26-19)20(2,3)4/h6-9,11-12H,5,10H2,1-4H3,(H,22,23,24). The molecule has 4 nitrogen and oxygen atoms in total. The van der Waals surface area contributed by atoms with Crippen LogP contribution in [0.2, 0.25) is 0 Å². The minimum atomic E-state index is -0.0852. The first kappa shape index (κ1) is 18.7. The lowest BCUT2D eigenvalue weighted by Crippen LogP contribution is -2.16. The van der Waals surface area contributed by atoms with Crippen LogP contribution in [-0.2, 0) is 23.1 Å². The Balaban J connectivity index is 1.63. The number of hydrogen-bond acceptors (Lipinski definition) is 5. The third-order valence-corrected chi connectivity index (χ3v) is 5.72. The highest BCUT2D eigenvalue weighted by Crippen LogP contribution is 2.27. The highest BCUT2D eigenvalue weighted by molar-refractivity contribution is 7.14. The third kappa shape index (κ3) is 4.56. The van der Waals surface area contributed by atoms with Crippen LogP contribution < -0.4 is 5.32 Å². The Kier molecular flexibility index (Phi) is 5.53. The summed E-state index contributed by atoms with van der Waals surface area (Å²) in [7, 11) is 0. The van der Waals surface area contributed by atoms with Crippen molar-refractivity contribution in [3.63, 3.8) is 0 Å².